The van der Waals surface area contributed by atoms with Gasteiger partial charge in [-0.3, -0.25) is 0 Å². The van der Waals surface area contributed by atoms with Crippen LogP contribution in [0.1, 0.15) is 102 Å². The molecule has 0 bridgehead atoms. The molecule has 0 saturated carbocycles. The van der Waals surface area contributed by atoms with Crippen LogP contribution in [0.5, 0.6) is 5.75 Å². The fraction of sp³-hybridized carbons (Fsp3) is 0.739. The summed E-state index contributed by atoms with van der Waals surface area (Å²) < 4.78 is 5.74. The molecule has 1 radical (unpaired) electrons. The first kappa shape index (κ1) is 22.0. The monoisotopic (exact) mass is 347 g/mol. The molecule has 0 aliphatic rings. The topological polar surface area (TPSA) is 29.1 Å². The minimum atomic E-state index is -0.199. The Morgan fingerprint density at radius 1 is 0.680 bits per heavy atom. The van der Waals surface area contributed by atoms with Crippen LogP contribution in [0.25, 0.3) is 0 Å². The van der Waals surface area contributed by atoms with Gasteiger partial charge < -0.3 is 4.74 Å². The van der Waals surface area contributed by atoms with E-state index in [4.69, 9.17) is 4.74 Å². The SMILES string of the molecule is CCCCCCCCCCCCCCCCOc1ccccc1C[O]. The molecule has 0 aliphatic carbocycles. The van der Waals surface area contributed by atoms with Gasteiger partial charge in [0.25, 0.3) is 0 Å². The molecule has 0 heterocycles. The highest BCUT2D eigenvalue weighted by molar-refractivity contribution is 5.32. The normalized spacial score (nSPS) is 11.0. The average Bonchev–Trinajstić information content (AvgIpc) is 2.65. The maximum atomic E-state index is 11.0. The minimum absolute atomic E-state index is 0.199. The first-order valence-electron chi connectivity index (χ1n) is 10.7. The van der Waals surface area contributed by atoms with Crippen molar-refractivity contribution >= 4 is 0 Å². The van der Waals surface area contributed by atoms with Gasteiger partial charge in [-0.15, -0.1) is 0 Å². The van der Waals surface area contributed by atoms with Crippen LogP contribution in [0.15, 0.2) is 24.3 Å². The summed E-state index contributed by atoms with van der Waals surface area (Å²) in [5.74, 6) is 0.771. The lowest BCUT2D eigenvalue weighted by Gasteiger charge is -2.09. The third kappa shape index (κ3) is 12.0. The molecule has 0 unspecified atom stereocenters. The Morgan fingerprint density at radius 3 is 1.68 bits per heavy atom. The molecule has 1 aromatic rings. The van der Waals surface area contributed by atoms with Gasteiger partial charge in [-0.1, -0.05) is 109 Å². The van der Waals surface area contributed by atoms with Crippen LogP contribution in [-0.2, 0) is 11.7 Å². The maximum absolute atomic E-state index is 11.0. The minimum Gasteiger partial charge on any atom is -0.493 e. The molecule has 0 aromatic heterocycles. The van der Waals surface area contributed by atoms with E-state index in [1.165, 1.54) is 83.5 Å². The molecule has 1 rings (SSSR count). The molecular weight excluding hydrogens is 308 g/mol. The van der Waals surface area contributed by atoms with Crippen molar-refractivity contribution in [3.05, 3.63) is 29.8 Å². The standard InChI is InChI=1S/C23H39O2/c1-2-3-4-5-6-7-8-9-10-11-12-13-14-17-20-25-23-19-16-15-18-22(23)21-24/h15-16,18-19H,2-14,17,20-21H2,1H3. The van der Waals surface area contributed by atoms with E-state index in [1.54, 1.807) is 0 Å². The Labute approximate surface area is 156 Å². The van der Waals surface area contributed by atoms with E-state index in [9.17, 15) is 5.11 Å². The van der Waals surface area contributed by atoms with Gasteiger partial charge in [-0.25, -0.2) is 5.11 Å². The van der Waals surface area contributed by atoms with Gasteiger partial charge in [0.15, 0.2) is 0 Å². The van der Waals surface area contributed by atoms with Crippen LogP contribution in [0.4, 0.5) is 0 Å². The van der Waals surface area contributed by atoms with Crippen molar-refractivity contribution in [3.8, 4) is 5.75 Å². The number of benzene rings is 1. The summed E-state index contributed by atoms with van der Waals surface area (Å²) >= 11 is 0. The van der Waals surface area contributed by atoms with Crippen LogP contribution in [0, 0.1) is 0 Å². The lowest BCUT2D eigenvalue weighted by atomic mass is 10.0. The van der Waals surface area contributed by atoms with E-state index >= 15 is 0 Å². The third-order valence-electron chi connectivity index (χ3n) is 4.88. The Morgan fingerprint density at radius 2 is 1.16 bits per heavy atom. The predicted octanol–water partition coefficient (Wildman–Crippen LogP) is 7.48. The molecule has 0 saturated heterocycles. The number of ether oxygens (including phenoxy) is 1. The number of unbranched alkanes of at least 4 members (excludes halogenated alkanes) is 13. The smallest absolute Gasteiger partial charge is 0.124 e. The molecule has 0 amide bonds. The Hall–Kier alpha value is -1.02. The maximum Gasteiger partial charge on any atom is 0.124 e. The van der Waals surface area contributed by atoms with Gasteiger partial charge in [-0.2, -0.15) is 0 Å². The van der Waals surface area contributed by atoms with E-state index in [1.807, 2.05) is 24.3 Å². The second kappa shape index (κ2) is 16.4. The summed E-state index contributed by atoms with van der Waals surface area (Å²) in [4.78, 5) is 0. The molecule has 143 valence electrons. The lowest BCUT2D eigenvalue weighted by Crippen LogP contribution is -2.00. The van der Waals surface area contributed by atoms with E-state index in [0.29, 0.717) is 0 Å². The number of hydrogen-bond donors (Lipinski definition) is 0. The highest BCUT2D eigenvalue weighted by Crippen LogP contribution is 2.18. The number of para-hydroxylation sites is 1. The molecule has 1 aromatic carbocycles. The summed E-state index contributed by atoms with van der Waals surface area (Å²) in [6.07, 6.45) is 19.1. The number of hydrogen-bond acceptors (Lipinski definition) is 1. The van der Waals surface area contributed by atoms with E-state index in [2.05, 4.69) is 6.92 Å². The summed E-state index contributed by atoms with van der Waals surface area (Å²) in [7, 11) is 0. The van der Waals surface area contributed by atoms with Crippen molar-refractivity contribution in [2.45, 2.75) is 103 Å². The zero-order valence-corrected chi connectivity index (χ0v) is 16.4. The fourth-order valence-corrected chi connectivity index (χ4v) is 3.24. The number of rotatable bonds is 17. The first-order valence-corrected chi connectivity index (χ1v) is 10.7. The zero-order chi connectivity index (χ0) is 18.0. The van der Waals surface area contributed by atoms with Crippen molar-refractivity contribution in [1.82, 2.24) is 0 Å². The van der Waals surface area contributed by atoms with Crippen LogP contribution in [-0.4, -0.2) is 6.61 Å². The second-order valence-corrected chi connectivity index (χ2v) is 7.20. The van der Waals surface area contributed by atoms with Gasteiger partial charge in [0, 0.05) is 5.56 Å². The van der Waals surface area contributed by atoms with E-state index < -0.39 is 0 Å². The molecule has 2 heteroatoms. The van der Waals surface area contributed by atoms with Gasteiger partial charge in [0.2, 0.25) is 0 Å². The van der Waals surface area contributed by atoms with Crippen LogP contribution in [0.3, 0.4) is 0 Å². The summed E-state index contributed by atoms with van der Waals surface area (Å²) in [5, 5.41) is 11.0. The highest BCUT2D eigenvalue weighted by atomic mass is 16.5. The lowest BCUT2D eigenvalue weighted by molar-refractivity contribution is 0.172. The quantitative estimate of drug-likeness (QED) is 0.269. The van der Waals surface area contributed by atoms with Crippen LogP contribution < -0.4 is 4.74 Å². The molecule has 0 fully saturated rings. The first-order chi connectivity index (χ1) is 12.4. The highest BCUT2D eigenvalue weighted by Gasteiger charge is 2.01. The molecule has 25 heavy (non-hydrogen) atoms. The third-order valence-corrected chi connectivity index (χ3v) is 4.88. The molecule has 0 N–H and O–H groups in total. The molecule has 0 aliphatic heterocycles. The predicted molar refractivity (Wildman–Crippen MR) is 107 cm³/mol. The van der Waals surface area contributed by atoms with Gasteiger partial charge in [0.1, 0.15) is 12.4 Å². The Kier molecular flexibility index (Phi) is 14.5. The van der Waals surface area contributed by atoms with Crippen molar-refractivity contribution in [1.29, 1.82) is 0 Å². The summed E-state index contributed by atoms with van der Waals surface area (Å²) in [5.41, 5.74) is 0.771. The molecule has 0 spiro atoms. The van der Waals surface area contributed by atoms with Crippen LogP contribution in [0.2, 0.25) is 0 Å². The largest absolute Gasteiger partial charge is 0.493 e. The zero-order valence-electron chi connectivity index (χ0n) is 16.4. The average molecular weight is 348 g/mol. The van der Waals surface area contributed by atoms with Gasteiger partial charge in [-0.05, 0) is 12.5 Å². The molecule has 2 nitrogen and oxygen atoms in total. The summed E-state index contributed by atoms with van der Waals surface area (Å²) in [6.45, 7) is 2.81. The van der Waals surface area contributed by atoms with Crippen molar-refractivity contribution in [3.63, 3.8) is 0 Å². The van der Waals surface area contributed by atoms with E-state index in [-0.39, 0.29) is 6.61 Å². The van der Waals surface area contributed by atoms with Gasteiger partial charge in [0.05, 0.1) is 6.61 Å². The summed E-state index contributed by atoms with van der Waals surface area (Å²) in [6, 6.07) is 7.58. The van der Waals surface area contributed by atoms with Crippen molar-refractivity contribution in [2.24, 2.45) is 0 Å². The van der Waals surface area contributed by atoms with Crippen LogP contribution >= 0.6 is 0 Å². The van der Waals surface area contributed by atoms with E-state index in [0.717, 1.165) is 24.3 Å². The molecule has 0 atom stereocenters. The molecular formula is C23H39O2. The van der Waals surface area contributed by atoms with Crippen molar-refractivity contribution in [2.75, 3.05) is 6.61 Å². The Bertz CT molecular complexity index is 403. The fourth-order valence-electron chi connectivity index (χ4n) is 3.24. The second-order valence-electron chi connectivity index (χ2n) is 7.20. The van der Waals surface area contributed by atoms with Crippen molar-refractivity contribution < 1.29 is 9.84 Å². The Balaban J connectivity index is 1.82. The van der Waals surface area contributed by atoms with Gasteiger partial charge >= 0.3 is 0 Å².